The van der Waals surface area contributed by atoms with Gasteiger partial charge in [-0.1, -0.05) is 36.4 Å². The van der Waals surface area contributed by atoms with Gasteiger partial charge in [-0.3, -0.25) is 14.9 Å². The first kappa shape index (κ1) is 25.3. The Hall–Kier alpha value is -4.38. The molecule has 2 aliphatic rings. The largest absolute Gasteiger partial charge is 0.339 e. The molecule has 3 heterocycles. The van der Waals surface area contributed by atoms with Crippen LogP contribution in [0.1, 0.15) is 12.1 Å². The van der Waals surface area contributed by atoms with Gasteiger partial charge in [-0.2, -0.15) is 4.98 Å². The highest BCUT2D eigenvalue weighted by molar-refractivity contribution is 8.18. The van der Waals surface area contributed by atoms with Crippen LogP contribution in [0.2, 0.25) is 0 Å². The third kappa shape index (κ3) is 5.94. The number of nitrogens with zero attached hydrogens (tertiary/aromatic N) is 5. The molecule has 0 unspecified atom stereocenters. The number of benzene rings is 2. The summed E-state index contributed by atoms with van der Waals surface area (Å²) in [5, 5.41) is 4.82. The van der Waals surface area contributed by atoms with E-state index in [9.17, 15) is 14.4 Å². The summed E-state index contributed by atoms with van der Waals surface area (Å²) in [7, 11) is 1.91. The molecule has 2 aromatic carbocycles. The lowest BCUT2D eigenvalue weighted by Crippen LogP contribution is -2.38. The van der Waals surface area contributed by atoms with Crippen molar-refractivity contribution in [2.24, 2.45) is 0 Å². The van der Waals surface area contributed by atoms with Gasteiger partial charge in [0.1, 0.15) is 5.82 Å². The standard InChI is InChI=1S/C27H27N7O3S/c1-32(21-11-6-3-7-12-21)23-18-20(17-22-24(35)31-27(37)38-22)28-25(30-23)33-13-8-14-34(16-15-33)26(36)29-19-9-4-2-5-10-19/h2-7,9-12,17-18H,8,13-16H2,1H3,(H,29,36)(H,31,35,37)/b22-17+. The Morgan fingerprint density at radius 1 is 1.00 bits per heavy atom. The second kappa shape index (κ2) is 11.3. The Morgan fingerprint density at radius 3 is 2.45 bits per heavy atom. The molecule has 0 aliphatic carbocycles. The van der Waals surface area contributed by atoms with Crippen molar-refractivity contribution in [3.05, 3.63) is 77.3 Å². The summed E-state index contributed by atoms with van der Waals surface area (Å²) < 4.78 is 0. The van der Waals surface area contributed by atoms with Gasteiger partial charge in [-0.25, -0.2) is 9.78 Å². The second-order valence-electron chi connectivity index (χ2n) is 8.82. The summed E-state index contributed by atoms with van der Waals surface area (Å²) >= 11 is 0.851. The van der Waals surface area contributed by atoms with Crippen molar-refractivity contribution in [3.8, 4) is 0 Å². The molecule has 3 aromatic rings. The summed E-state index contributed by atoms with van der Waals surface area (Å²) in [6.07, 6.45) is 2.35. The third-order valence-corrected chi connectivity index (χ3v) is 7.03. The first-order valence-corrected chi connectivity index (χ1v) is 13.1. The molecule has 1 aromatic heterocycles. The highest BCUT2D eigenvalue weighted by Crippen LogP contribution is 2.29. The van der Waals surface area contributed by atoms with Gasteiger partial charge in [-0.15, -0.1) is 0 Å². The molecule has 0 radical (unpaired) electrons. The molecule has 0 saturated carbocycles. The molecule has 38 heavy (non-hydrogen) atoms. The zero-order chi connectivity index (χ0) is 26.5. The molecule has 194 valence electrons. The number of aromatic nitrogens is 2. The van der Waals surface area contributed by atoms with E-state index in [0.717, 1.165) is 29.6 Å². The van der Waals surface area contributed by atoms with Crippen molar-refractivity contribution >= 4 is 58.2 Å². The lowest BCUT2D eigenvalue weighted by molar-refractivity contribution is -0.115. The van der Waals surface area contributed by atoms with Gasteiger partial charge >= 0.3 is 6.03 Å². The van der Waals surface area contributed by atoms with E-state index in [1.807, 2.05) is 77.5 Å². The van der Waals surface area contributed by atoms with Crippen molar-refractivity contribution in [1.82, 2.24) is 20.2 Å². The number of nitrogens with one attached hydrogen (secondary N) is 2. The number of para-hydroxylation sites is 2. The number of anilines is 4. The lowest BCUT2D eigenvalue weighted by Gasteiger charge is -2.25. The van der Waals surface area contributed by atoms with Crippen LogP contribution in [0.3, 0.4) is 0 Å². The molecule has 0 bridgehead atoms. The van der Waals surface area contributed by atoms with E-state index >= 15 is 0 Å². The fourth-order valence-corrected chi connectivity index (χ4v) is 4.88. The van der Waals surface area contributed by atoms with Gasteiger partial charge in [0, 0.05) is 50.7 Å². The van der Waals surface area contributed by atoms with Crippen LogP contribution in [0.4, 0.5) is 32.7 Å². The topological polar surface area (TPSA) is 111 Å². The number of carbonyl (C=O) groups is 3. The quantitative estimate of drug-likeness (QED) is 0.471. The summed E-state index contributed by atoms with van der Waals surface area (Å²) in [6, 6.07) is 20.8. The monoisotopic (exact) mass is 529 g/mol. The number of urea groups is 1. The Kier molecular flexibility index (Phi) is 7.55. The molecule has 2 fully saturated rings. The molecule has 5 rings (SSSR count). The van der Waals surface area contributed by atoms with Crippen LogP contribution >= 0.6 is 11.8 Å². The van der Waals surface area contributed by atoms with Gasteiger partial charge < -0.3 is 20.0 Å². The Balaban J connectivity index is 1.40. The van der Waals surface area contributed by atoms with E-state index in [-0.39, 0.29) is 10.9 Å². The molecule has 11 heteroatoms. The first-order valence-electron chi connectivity index (χ1n) is 12.2. The molecular weight excluding hydrogens is 502 g/mol. The highest BCUT2D eigenvalue weighted by atomic mass is 32.2. The minimum atomic E-state index is -0.437. The molecule has 0 spiro atoms. The van der Waals surface area contributed by atoms with E-state index in [1.54, 1.807) is 17.0 Å². The maximum absolute atomic E-state index is 12.9. The lowest BCUT2D eigenvalue weighted by atomic mass is 10.2. The highest BCUT2D eigenvalue weighted by Gasteiger charge is 2.26. The van der Waals surface area contributed by atoms with Gasteiger partial charge in [0.2, 0.25) is 5.95 Å². The number of thioether (sulfide) groups is 1. The SMILES string of the molecule is CN(c1ccccc1)c1cc(/C=C2/SC(=O)NC2=O)nc(N2CCCN(C(=O)Nc3ccccc3)CC2)n1. The predicted octanol–water partition coefficient (Wildman–Crippen LogP) is 4.31. The molecule has 2 aliphatic heterocycles. The van der Waals surface area contributed by atoms with Gasteiger partial charge in [0.15, 0.2) is 0 Å². The van der Waals surface area contributed by atoms with E-state index in [2.05, 4.69) is 10.6 Å². The molecule has 4 amide bonds. The van der Waals surface area contributed by atoms with E-state index in [1.165, 1.54) is 0 Å². The molecular formula is C27H27N7O3S. The van der Waals surface area contributed by atoms with Crippen LogP contribution in [0.5, 0.6) is 0 Å². The van der Waals surface area contributed by atoms with Gasteiger partial charge in [0.25, 0.3) is 11.1 Å². The summed E-state index contributed by atoms with van der Waals surface area (Å²) in [5.41, 5.74) is 2.21. The molecule has 0 atom stereocenters. The van der Waals surface area contributed by atoms with Crippen molar-refractivity contribution < 1.29 is 14.4 Å². The van der Waals surface area contributed by atoms with Crippen molar-refractivity contribution in [1.29, 1.82) is 0 Å². The van der Waals surface area contributed by atoms with Crippen LogP contribution in [-0.2, 0) is 4.79 Å². The Labute approximate surface area is 224 Å². The van der Waals surface area contributed by atoms with Crippen molar-refractivity contribution in [3.63, 3.8) is 0 Å². The number of hydrogen-bond donors (Lipinski definition) is 2. The van der Waals surface area contributed by atoms with Crippen LogP contribution in [0.25, 0.3) is 6.08 Å². The third-order valence-electron chi connectivity index (χ3n) is 6.22. The summed E-state index contributed by atoms with van der Waals surface area (Å²) in [4.78, 5) is 52.3. The normalized spacial score (nSPS) is 16.8. The van der Waals surface area contributed by atoms with Crippen molar-refractivity contribution in [2.75, 3.05) is 48.3 Å². The molecule has 2 saturated heterocycles. The van der Waals surface area contributed by atoms with E-state index in [4.69, 9.17) is 9.97 Å². The van der Waals surface area contributed by atoms with E-state index in [0.29, 0.717) is 43.6 Å². The fourth-order valence-electron chi connectivity index (χ4n) is 4.21. The zero-order valence-corrected chi connectivity index (χ0v) is 21.6. The van der Waals surface area contributed by atoms with Gasteiger partial charge in [0.05, 0.1) is 10.6 Å². The Morgan fingerprint density at radius 2 is 1.74 bits per heavy atom. The molecule has 2 N–H and O–H groups in total. The zero-order valence-electron chi connectivity index (χ0n) is 20.8. The minimum Gasteiger partial charge on any atom is -0.339 e. The number of amides is 4. The van der Waals surface area contributed by atoms with Crippen LogP contribution in [-0.4, -0.2) is 65.3 Å². The van der Waals surface area contributed by atoms with Gasteiger partial charge in [-0.05, 0) is 48.5 Å². The predicted molar refractivity (Wildman–Crippen MR) is 150 cm³/mol. The summed E-state index contributed by atoms with van der Waals surface area (Å²) in [6.45, 7) is 2.32. The fraction of sp³-hybridized carbons (Fsp3) is 0.222. The summed E-state index contributed by atoms with van der Waals surface area (Å²) in [5.74, 6) is 0.704. The number of imide groups is 1. The van der Waals surface area contributed by atoms with Crippen LogP contribution < -0.4 is 20.4 Å². The average molecular weight is 530 g/mol. The number of rotatable bonds is 5. The van der Waals surface area contributed by atoms with Crippen LogP contribution in [0.15, 0.2) is 71.6 Å². The van der Waals surface area contributed by atoms with E-state index < -0.39 is 11.1 Å². The Bertz CT molecular complexity index is 1370. The first-order chi connectivity index (χ1) is 18.5. The van der Waals surface area contributed by atoms with Crippen molar-refractivity contribution in [2.45, 2.75) is 6.42 Å². The number of carbonyl (C=O) groups excluding carboxylic acids is 3. The second-order valence-corrected chi connectivity index (χ2v) is 9.84. The number of hydrogen-bond acceptors (Lipinski definition) is 8. The van der Waals surface area contributed by atoms with Crippen LogP contribution in [0, 0.1) is 0 Å². The smallest absolute Gasteiger partial charge is 0.321 e. The average Bonchev–Trinajstić information content (AvgIpc) is 3.10. The molecule has 10 nitrogen and oxygen atoms in total. The minimum absolute atomic E-state index is 0.143. The maximum Gasteiger partial charge on any atom is 0.321 e. The maximum atomic E-state index is 12.9.